The third-order valence-electron chi connectivity index (χ3n) is 1.97. The van der Waals surface area contributed by atoms with E-state index in [0.717, 1.165) is 0 Å². The van der Waals surface area contributed by atoms with Gasteiger partial charge < -0.3 is 9.84 Å². The average molecular weight is 202 g/mol. The molecule has 0 spiro atoms. The van der Waals surface area contributed by atoms with Crippen LogP contribution in [0.15, 0.2) is 18.2 Å². The Morgan fingerprint density at radius 1 is 1.29 bits per heavy atom. The quantitative estimate of drug-likeness (QED) is 0.816. The zero-order chi connectivity index (χ0) is 10.7. The van der Waals surface area contributed by atoms with E-state index >= 15 is 0 Å². The monoisotopic (exact) mass is 202 g/mol. The minimum atomic E-state index is -2.59. The van der Waals surface area contributed by atoms with E-state index in [1.165, 1.54) is 26.2 Å². The van der Waals surface area contributed by atoms with Crippen molar-refractivity contribution in [2.24, 2.45) is 0 Å². The molecule has 0 aliphatic rings. The summed E-state index contributed by atoms with van der Waals surface area (Å²) < 4.78 is 29.9. The minimum absolute atomic E-state index is 0.0671. The largest absolute Gasteiger partial charge is 0.496 e. The number of benzene rings is 1. The van der Waals surface area contributed by atoms with Gasteiger partial charge in [0, 0.05) is 5.56 Å². The third-order valence-corrected chi connectivity index (χ3v) is 1.97. The van der Waals surface area contributed by atoms with Gasteiger partial charge in [-0.3, -0.25) is 0 Å². The number of para-hydroxylation sites is 1. The first-order valence-corrected chi connectivity index (χ1v) is 4.21. The molecule has 0 bridgehead atoms. The Kier molecular flexibility index (Phi) is 3.41. The smallest absolute Gasteiger partial charge is 0.267 e. The summed E-state index contributed by atoms with van der Waals surface area (Å²) in [6, 6.07) is 4.33. The van der Waals surface area contributed by atoms with Crippen molar-refractivity contribution in [3.8, 4) is 5.75 Å². The van der Waals surface area contributed by atoms with Gasteiger partial charge in [-0.25, -0.2) is 8.78 Å². The molecule has 4 heteroatoms. The highest BCUT2D eigenvalue weighted by Gasteiger charge is 2.18. The molecule has 1 atom stereocenters. The van der Waals surface area contributed by atoms with Crippen molar-refractivity contribution in [3.63, 3.8) is 0 Å². The van der Waals surface area contributed by atoms with Gasteiger partial charge in [0.15, 0.2) is 0 Å². The van der Waals surface area contributed by atoms with Crippen LogP contribution < -0.4 is 4.74 Å². The van der Waals surface area contributed by atoms with Crippen LogP contribution in [0.3, 0.4) is 0 Å². The van der Waals surface area contributed by atoms with Crippen LogP contribution >= 0.6 is 0 Å². The topological polar surface area (TPSA) is 29.5 Å². The van der Waals surface area contributed by atoms with Gasteiger partial charge in [0.25, 0.3) is 6.43 Å². The number of alkyl halides is 2. The van der Waals surface area contributed by atoms with Crippen molar-refractivity contribution in [2.45, 2.75) is 19.5 Å². The fraction of sp³-hybridized carbons (Fsp3) is 0.400. The highest BCUT2D eigenvalue weighted by molar-refractivity contribution is 5.43. The maximum Gasteiger partial charge on any atom is 0.267 e. The lowest BCUT2D eigenvalue weighted by Crippen LogP contribution is -2.00. The first-order valence-electron chi connectivity index (χ1n) is 4.21. The molecule has 0 saturated heterocycles. The summed E-state index contributed by atoms with van der Waals surface area (Å²) in [5.74, 6) is 0.0671. The fourth-order valence-corrected chi connectivity index (χ4v) is 1.31. The van der Waals surface area contributed by atoms with Gasteiger partial charge in [0.2, 0.25) is 0 Å². The molecular weight excluding hydrogens is 190 g/mol. The number of hydrogen-bond acceptors (Lipinski definition) is 2. The van der Waals surface area contributed by atoms with Crippen LogP contribution in [-0.2, 0) is 0 Å². The van der Waals surface area contributed by atoms with Crippen LogP contribution in [0.5, 0.6) is 5.75 Å². The minimum Gasteiger partial charge on any atom is -0.496 e. The number of methoxy groups -OCH3 is 1. The summed E-state index contributed by atoms with van der Waals surface area (Å²) in [5, 5.41) is 9.32. The van der Waals surface area contributed by atoms with E-state index in [1.54, 1.807) is 6.07 Å². The first-order chi connectivity index (χ1) is 6.57. The van der Waals surface area contributed by atoms with Crippen LogP contribution in [0.1, 0.15) is 30.6 Å². The molecule has 1 aromatic carbocycles. The van der Waals surface area contributed by atoms with Crippen molar-refractivity contribution in [2.75, 3.05) is 7.11 Å². The van der Waals surface area contributed by atoms with Gasteiger partial charge in [-0.15, -0.1) is 0 Å². The summed E-state index contributed by atoms with van der Waals surface area (Å²) in [6.45, 7) is 1.51. The van der Waals surface area contributed by atoms with Crippen LogP contribution in [0, 0.1) is 0 Å². The number of rotatable bonds is 3. The maximum atomic E-state index is 12.5. The Morgan fingerprint density at radius 3 is 2.29 bits per heavy atom. The summed E-state index contributed by atoms with van der Waals surface area (Å²) in [6.07, 6.45) is -3.41. The van der Waals surface area contributed by atoms with Crippen molar-refractivity contribution in [1.82, 2.24) is 0 Å². The fourth-order valence-electron chi connectivity index (χ4n) is 1.31. The molecule has 14 heavy (non-hydrogen) atoms. The van der Waals surface area contributed by atoms with Gasteiger partial charge in [0.05, 0.1) is 18.8 Å². The molecule has 0 amide bonds. The highest BCUT2D eigenvalue weighted by Crippen LogP contribution is 2.34. The Labute approximate surface area is 81.1 Å². The van der Waals surface area contributed by atoms with E-state index < -0.39 is 12.5 Å². The molecule has 2 nitrogen and oxygen atoms in total. The number of halogens is 2. The van der Waals surface area contributed by atoms with E-state index in [-0.39, 0.29) is 11.3 Å². The molecule has 0 heterocycles. The van der Waals surface area contributed by atoms with Crippen LogP contribution in [0.4, 0.5) is 8.78 Å². The summed E-state index contributed by atoms with van der Waals surface area (Å²) >= 11 is 0. The van der Waals surface area contributed by atoms with Gasteiger partial charge in [-0.1, -0.05) is 12.1 Å². The normalized spacial score (nSPS) is 13.0. The van der Waals surface area contributed by atoms with Crippen molar-refractivity contribution in [1.29, 1.82) is 0 Å². The predicted octanol–water partition coefficient (Wildman–Crippen LogP) is 2.69. The van der Waals surface area contributed by atoms with Gasteiger partial charge in [-0.05, 0) is 13.0 Å². The van der Waals surface area contributed by atoms with Crippen LogP contribution in [0.2, 0.25) is 0 Å². The second-order valence-electron chi connectivity index (χ2n) is 2.95. The molecule has 1 N–H and O–H groups in total. The molecule has 0 fully saturated rings. The van der Waals surface area contributed by atoms with Gasteiger partial charge >= 0.3 is 0 Å². The molecule has 0 aliphatic carbocycles. The molecule has 0 saturated carbocycles. The Balaban J connectivity index is 3.25. The van der Waals surface area contributed by atoms with E-state index in [2.05, 4.69) is 0 Å². The molecule has 1 rings (SSSR count). The van der Waals surface area contributed by atoms with Gasteiger partial charge in [-0.2, -0.15) is 0 Å². The van der Waals surface area contributed by atoms with E-state index in [9.17, 15) is 13.9 Å². The van der Waals surface area contributed by atoms with Crippen molar-refractivity contribution in [3.05, 3.63) is 29.3 Å². The Morgan fingerprint density at radius 2 is 1.86 bits per heavy atom. The number of aliphatic hydroxyl groups excluding tert-OH is 1. The molecule has 0 radical (unpaired) electrons. The van der Waals surface area contributed by atoms with E-state index in [4.69, 9.17) is 4.74 Å². The van der Waals surface area contributed by atoms with Crippen LogP contribution in [0.25, 0.3) is 0 Å². The van der Waals surface area contributed by atoms with Crippen LogP contribution in [-0.4, -0.2) is 12.2 Å². The molecule has 78 valence electrons. The highest BCUT2D eigenvalue weighted by atomic mass is 19.3. The summed E-state index contributed by atoms with van der Waals surface area (Å²) in [7, 11) is 1.31. The first kappa shape index (κ1) is 10.9. The Hall–Kier alpha value is -1.16. The average Bonchev–Trinajstić information content (AvgIpc) is 2.16. The lowest BCUT2D eigenvalue weighted by atomic mass is 10.1. The van der Waals surface area contributed by atoms with E-state index in [0.29, 0.717) is 5.56 Å². The molecular formula is C10H12F2O2. The molecule has 0 aromatic heterocycles. The Bertz CT molecular complexity index is 285. The molecule has 1 unspecified atom stereocenters. The zero-order valence-corrected chi connectivity index (χ0v) is 8.00. The predicted molar refractivity (Wildman–Crippen MR) is 48.6 cm³/mol. The second-order valence-corrected chi connectivity index (χ2v) is 2.95. The number of ether oxygens (including phenoxy) is 1. The zero-order valence-electron chi connectivity index (χ0n) is 8.00. The number of hydrogen-bond donors (Lipinski definition) is 1. The van der Waals surface area contributed by atoms with Crippen molar-refractivity contribution >= 4 is 0 Å². The standard InChI is InChI=1S/C10H12F2O2/c1-6(13)7-4-3-5-8(10(11)12)9(7)14-2/h3-6,10,13H,1-2H3. The summed E-state index contributed by atoms with van der Waals surface area (Å²) in [5.41, 5.74) is 0.191. The maximum absolute atomic E-state index is 12.5. The molecule has 1 aromatic rings. The van der Waals surface area contributed by atoms with Gasteiger partial charge in [0.1, 0.15) is 5.75 Å². The second kappa shape index (κ2) is 4.37. The number of aliphatic hydroxyl groups is 1. The lowest BCUT2D eigenvalue weighted by molar-refractivity contribution is 0.145. The molecule has 0 aliphatic heterocycles. The van der Waals surface area contributed by atoms with Crippen molar-refractivity contribution < 1.29 is 18.6 Å². The van der Waals surface area contributed by atoms with E-state index in [1.807, 2.05) is 0 Å². The SMILES string of the molecule is COc1c(C(C)O)cccc1C(F)F. The third kappa shape index (κ3) is 2.01. The summed E-state index contributed by atoms with van der Waals surface area (Å²) in [4.78, 5) is 0. The lowest BCUT2D eigenvalue weighted by Gasteiger charge is -2.14.